The Kier molecular flexibility index (Phi) is 6.03. The Morgan fingerprint density at radius 2 is 2.00 bits per heavy atom. The first kappa shape index (κ1) is 15.4. The highest BCUT2D eigenvalue weighted by atomic mass is 32.1. The molecule has 0 aliphatic carbocycles. The molecule has 0 bridgehead atoms. The number of thiol groups is 1. The molecular formula is C15H25NOS. The minimum Gasteiger partial charge on any atom is -0.496 e. The van der Waals surface area contributed by atoms with Crippen LogP contribution in [0.15, 0.2) is 18.2 Å². The molecule has 0 aliphatic rings. The van der Waals surface area contributed by atoms with E-state index in [2.05, 4.69) is 56.9 Å². The summed E-state index contributed by atoms with van der Waals surface area (Å²) in [7, 11) is 1.73. The fourth-order valence-corrected chi connectivity index (χ4v) is 2.05. The van der Waals surface area contributed by atoms with Crippen molar-refractivity contribution in [3.05, 3.63) is 29.3 Å². The van der Waals surface area contributed by atoms with Crippen LogP contribution < -0.4 is 10.1 Å². The summed E-state index contributed by atoms with van der Waals surface area (Å²) in [6.45, 7) is 8.55. The zero-order valence-electron chi connectivity index (χ0n) is 11.9. The van der Waals surface area contributed by atoms with Gasteiger partial charge in [0.05, 0.1) is 7.11 Å². The highest BCUT2D eigenvalue weighted by molar-refractivity contribution is 7.80. The van der Waals surface area contributed by atoms with Crippen molar-refractivity contribution < 1.29 is 4.74 Å². The molecule has 0 saturated carbocycles. The van der Waals surface area contributed by atoms with Gasteiger partial charge in [-0.05, 0) is 41.3 Å². The molecule has 0 heterocycles. The highest BCUT2D eigenvalue weighted by Gasteiger charge is 2.18. The number of hydrogen-bond acceptors (Lipinski definition) is 3. The summed E-state index contributed by atoms with van der Waals surface area (Å²) in [6.07, 6.45) is 1.10. The topological polar surface area (TPSA) is 21.3 Å². The highest BCUT2D eigenvalue weighted by Crippen LogP contribution is 2.31. The molecule has 0 radical (unpaired) electrons. The molecule has 0 aromatic heterocycles. The van der Waals surface area contributed by atoms with Crippen LogP contribution in [0.25, 0.3) is 0 Å². The van der Waals surface area contributed by atoms with Gasteiger partial charge in [-0.3, -0.25) is 0 Å². The number of nitrogens with one attached hydrogen (secondary N) is 1. The summed E-state index contributed by atoms with van der Waals surface area (Å²) in [5, 5.41) is 3.43. The van der Waals surface area contributed by atoms with Gasteiger partial charge in [0.15, 0.2) is 0 Å². The van der Waals surface area contributed by atoms with Crippen molar-refractivity contribution in [2.45, 2.75) is 39.2 Å². The number of hydrogen-bond donors (Lipinski definition) is 2. The molecular weight excluding hydrogens is 242 g/mol. The van der Waals surface area contributed by atoms with Crippen molar-refractivity contribution in [2.24, 2.45) is 0 Å². The summed E-state index contributed by atoms with van der Waals surface area (Å²) in [4.78, 5) is 0. The molecule has 0 aliphatic heterocycles. The molecule has 0 unspecified atom stereocenters. The van der Waals surface area contributed by atoms with E-state index in [1.54, 1.807) is 7.11 Å². The lowest BCUT2D eigenvalue weighted by Gasteiger charge is -2.23. The van der Waals surface area contributed by atoms with Crippen LogP contribution in [0, 0.1) is 0 Å². The van der Waals surface area contributed by atoms with Crippen LogP contribution >= 0.6 is 12.6 Å². The number of rotatable bonds is 6. The fraction of sp³-hybridized carbons (Fsp3) is 0.600. The maximum atomic E-state index is 5.44. The average molecular weight is 267 g/mol. The van der Waals surface area contributed by atoms with Crippen molar-refractivity contribution in [1.82, 2.24) is 5.32 Å². The van der Waals surface area contributed by atoms with Gasteiger partial charge < -0.3 is 10.1 Å². The second kappa shape index (κ2) is 7.05. The summed E-state index contributed by atoms with van der Waals surface area (Å²) in [6, 6.07) is 6.44. The first-order chi connectivity index (χ1) is 8.49. The van der Waals surface area contributed by atoms with Gasteiger partial charge >= 0.3 is 0 Å². The minimum atomic E-state index is 0.104. The van der Waals surface area contributed by atoms with Crippen LogP contribution in [0.4, 0.5) is 0 Å². The van der Waals surface area contributed by atoms with E-state index in [9.17, 15) is 0 Å². The normalized spacial score (nSPS) is 11.6. The van der Waals surface area contributed by atoms with Crippen LogP contribution in [-0.4, -0.2) is 19.4 Å². The monoisotopic (exact) mass is 267 g/mol. The van der Waals surface area contributed by atoms with Gasteiger partial charge in [0.1, 0.15) is 5.75 Å². The van der Waals surface area contributed by atoms with E-state index < -0.39 is 0 Å². The number of ether oxygens (including phenoxy) is 1. The Labute approximate surface area is 117 Å². The predicted octanol–water partition coefficient (Wildman–Crippen LogP) is 3.40. The molecule has 0 spiro atoms. The summed E-state index contributed by atoms with van der Waals surface area (Å²) in [5.74, 6) is 1.91. The predicted molar refractivity (Wildman–Crippen MR) is 81.9 cm³/mol. The third kappa shape index (κ3) is 4.54. The maximum absolute atomic E-state index is 5.44. The van der Waals surface area contributed by atoms with Crippen LogP contribution in [0.2, 0.25) is 0 Å². The van der Waals surface area contributed by atoms with Gasteiger partial charge in [-0.2, -0.15) is 12.6 Å². The fourth-order valence-electron chi connectivity index (χ4n) is 1.89. The van der Waals surface area contributed by atoms with E-state index >= 15 is 0 Å². The first-order valence-corrected chi connectivity index (χ1v) is 7.11. The summed E-state index contributed by atoms with van der Waals surface area (Å²) >= 11 is 4.20. The first-order valence-electron chi connectivity index (χ1n) is 6.48. The summed E-state index contributed by atoms with van der Waals surface area (Å²) < 4.78 is 5.44. The lowest BCUT2D eigenvalue weighted by molar-refractivity contribution is 0.397. The molecule has 0 amide bonds. The molecule has 1 rings (SSSR count). The van der Waals surface area contributed by atoms with Gasteiger partial charge in [-0.25, -0.2) is 0 Å². The number of benzene rings is 1. The Morgan fingerprint density at radius 1 is 1.28 bits per heavy atom. The molecule has 0 fully saturated rings. The van der Waals surface area contributed by atoms with E-state index in [-0.39, 0.29) is 5.41 Å². The number of methoxy groups -OCH3 is 1. The molecule has 0 saturated heterocycles. The summed E-state index contributed by atoms with van der Waals surface area (Å²) in [5.41, 5.74) is 2.67. The Hall–Kier alpha value is -0.670. The van der Waals surface area contributed by atoms with E-state index in [1.807, 2.05) is 0 Å². The van der Waals surface area contributed by atoms with Gasteiger partial charge in [0, 0.05) is 6.54 Å². The molecule has 3 heteroatoms. The largest absolute Gasteiger partial charge is 0.496 e. The molecule has 1 aromatic rings. The van der Waals surface area contributed by atoms with Gasteiger partial charge in [-0.1, -0.05) is 32.9 Å². The lowest BCUT2D eigenvalue weighted by atomic mass is 9.85. The second-order valence-electron chi connectivity index (χ2n) is 5.54. The molecule has 102 valence electrons. The molecule has 1 N–H and O–H groups in total. The van der Waals surface area contributed by atoms with Crippen molar-refractivity contribution in [1.29, 1.82) is 0 Å². The standard InChI is InChI=1S/C15H25NOS/c1-15(2,3)13-10-12(6-7-14(13)17-4)11-16-8-5-9-18/h6-7,10,16,18H,5,8-9,11H2,1-4H3. The minimum absolute atomic E-state index is 0.104. The van der Waals surface area contributed by atoms with Crippen LogP contribution in [0.1, 0.15) is 38.3 Å². The van der Waals surface area contributed by atoms with E-state index in [4.69, 9.17) is 4.74 Å². The van der Waals surface area contributed by atoms with E-state index in [0.29, 0.717) is 0 Å². The van der Waals surface area contributed by atoms with Gasteiger partial charge in [-0.15, -0.1) is 0 Å². The zero-order valence-corrected chi connectivity index (χ0v) is 12.8. The third-order valence-corrected chi connectivity index (χ3v) is 3.23. The second-order valence-corrected chi connectivity index (χ2v) is 5.99. The van der Waals surface area contributed by atoms with Crippen molar-refractivity contribution in [2.75, 3.05) is 19.4 Å². The molecule has 2 nitrogen and oxygen atoms in total. The quantitative estimate of drug-likeness (QED) is 0.609. The van der Waals surface area contributed by atoms with Crippen molar-refractivity contribution >= 4 is 12.6 Å². The van der Waals surface area contributed by atoms with Crippen LogP contribution in [-0.2, 0) is 12.0 Å². The zero-order chi connectivity index (χ0) is 13.6. The van der Waals surface area contributed by atoms with Crippen LogP contribution in [0.5, 0.6) is 5.75 Å². The van der Waals surface area contributed by atoms with Gasteiger partial charge in [0.25, 0.3) is 0 Å². The van der Waals surface area contributed by atoms with Gasteiger partial charge in [0.2, 0.25) is 0 Å². The van der Waals surface area contributed by atoms with E-state index in [0.717, 1.165) is 31.0 Å². The van der Waals surface area contributed by atoms with E-state index in [1.165, 1.54) is 11.1 Å². The molecule has 1 aromatic carbocycles. The average Bonchev–Trinajstić information content (AvgIpc) is 2.33. The molecule has 0 atom stereocenters. The SMILES string of the molecule is COc1ccc(CNCCCS)cc1C(C)(C)C. The van der Waals surface area contributed by atoms with Crippen molar-refractivity contribution in [3.8, 4) is 5.75 Å². The molecule has 18 heavy (non-hydrogen) atoms. The third-order valence-electron chi connectivity index (χ3n) is 2.91. The van der Waals surface area contributed by atoms with Crippen molar-refractivity contribution in [3.63, 3.8) is 0 Å². The smallest absolute Gasteiger partial charge is 0.122 e. The Bertz CT molecular complexity index is 371. The lowest BCUT2D eigenvalue weighted by Crippen LogP contribution is -2.17. The maximum Gasteiger partial charge on any atom is 0.122 e. The Balaban J connectivity index is 2.77. The van der Waals surface area contributed by atoms with Crippen LogP contribution in [0.3, 0.4) is 0 Å². The Morgan fingerprint density at radius 3 is 2.56 bits per heavy atom.